The quantitative estimate of drug-likeness (QED) is 0.402. The van der Waals surface area contributed by atoms with Gasteiger partial charge in [-0.25, -0.2) is 0 Å². The van der Waals surface area contributed by atoms with E-state index >= 15 is 0 Å². The van der Waals surface area contributed by atoms with Gasteiger partial charge in [-0.1, -0.05) is 36.9 Å². The number of amides is 1. The van der Waals surface area contributed by atoms with Gasteiger partial charge < -0.3 is 14.4 Å². The molecule has 0 fully saturated rings. The number of nitrogens with zero attached hydrogens (tertiary/aromatic N) is 3. The SMILES string of the molecule is C=CCOc1ccc(/C=N\N=C2/C(=O)N(CC=C)c3ccccc32)cc1OC. The monoisotopic (exact) mass is 375 g/mol. The number of methoxy groups -OCH3 is 1. The fraction of sp³-hybridized carbons (Fsp3) is 0.136. The summed E-state index contributed by atoms with van der Waals surface area (Å²) in [4.78, 5) is 14.3. The Hall–Kier alpha value is -3.67. The van der Waals surface area contributed by atoms with E-state index in [1.54, 1.807) is 42.5 Å². The molecule has 2 aromatic carbocycles. The molecule has 6 heteroatoms. The van der Waals surface area contributed by atoms with Crippen LogP contribution in [0.4, 0.5) is 5.69 Å². The molecule has 142 valence electrons. The molecule has 0 spiro atoms. The topological polar surface area (TPSA) is 63.5 Å². The molecular weight excluding hydrogens is 354 g/mol. The molecule has 0 bridgehead atoms. The third-order valence-corrected chi connectivity index (χ3v) is 4.12. The van der Waals surface area contributed by atoms with E-state index in [2.05, 4.69) is 23.4 Å². The number of ether oxygens (including phenoxy) is 2. The van der Waals surface area contributed by atoms with E-state index in [9.17, 15) is 4.79 Å². The van der Waals surface area contributed by atoms with Crippen LogP contribution in [0.5, 0.6) is 11.5 Å². The van der Waals surface area contributed by atoms with Crippen molar-refractivity contribution in [2.75, 3.05) is 25.2 Å². The van der Waals surface area contributed by atoms with Crippen molar-refractivity contribution >= 4 is 23.5 Å². The second-order valence-electron chi connectivity index (χ2n) is 5.92. The minimum Gasteiger partial charge on any atom is -0.493 e. The van der Waals surface area contributed by atoms with Gasteiger partial charge in [0, 0.05) is 12.1 Å². The smallest absolute Gasteiger partial charge is 0.279 e. The summed E-state index contributed by atoms with van der Waals surface area (Å²) in [6.07, 6.45) is 4.92. The summed E-state index contributed by atoms with van der Waals surface area (Å²) in [5.74, 6) is 1.01. The van der Waals surface area contributed by atoms with Crippen LogP contribution in [0.15, 0.2) is 78.0 Å². The number of carbonyl (C=O) groups excluding carboxylic acids is 1. The second-order valence-corrected chi connectivity index (χ2v) is 5.92. The van der Waals surface area contributed by atoms with E-state index in [0.29, 0.717) is 30.4 Å². The molecule has 1 amide bonds. The van der Waals surface area contributed by atoms with Gasteiger partial charge in [0.05, 0.1) is 19.0 Å². The Kier molecular flexibility index (Phi) is 6.01. The van der Waals surface area contributed by atoms with Crippen molar-refractivity contribution in [2.24, 2.45) is 10.2 Å². The highest BCUT2D eigenvalue weighted by Crippen LogP contribution is 2.29. The Labute approximate surface area is 164 Å². The molecule has 0 aliphatic carbocycles. The molecule has 0 atom stereocenters. The Morgan fingerprint density at radius 3 is 2.68 bits per heavy atom. The van der Waals surface area contributed by atoms with Crippen LogP contribution in [-0.2, 0) is 4.79 Å². The number of fused-ring (bicyclic) bond motifs is 1. The molecule has 0 saturated heterocycles. The first-order chi connectivity index (χ1) is 13.7. The number of para-hydroxylation sites is 1. The van der Waals surface area contributed by atoms with Gasteiger partial charge in [-0.05, 0) is 29.8 Å². The maximum absolute atomic E-state index is 12.7. The van der Waals surface area contributed by atoms with Crippen LogP contribution in [0.2, 0.25) is 0 Å². The molecule has 6 nitrogen and oxygen atoms in total. The van der Waals surface area contributed by atoms with Gasteiger partial charge in [0.1, 0.15) is 6.61 Å². The average Bonchev–Trinajstić information content (AvgIpc) is 2.99. The molecule has 0 aromatic heterocycles. The van der Waals surface area contributed by atoms with Crippen molar-refractivity contribution in [3.05, 3.63) is 78.9 Å². The summed E-state index contributed by atoms with van der Waals surface area (Å²) in [6, 6.07) is 12.9. The van der Waals surface area contributed by atoms with Crippen LogP contribution >= 0.6 is 0 Å². The first-order valence-electron chi connectivity index (χ1n) is 8.74. The number of hydrogen-bond donors (Lipinski definition) is 0. The standard InChI is InChI=1S/C22H21N3O3/c1-4-12-25-18-9-7-6-8-17(18)21(22(25)26)24-23-15-16-10-11-19(28-13-5-2)20(14-16)27-3/h4-11,14-15H,1-2,12-13H2,3H3/b23-15-,24-21-. The zero-order chi connectivity index (χ0) is 19.9. The third-order valence-electron chi connectivity index (χ3n) is 4.12. The zero-order valence-electron chi connectivity index (χ0n) is 15.7. The first-order valence-corrected chi connectivity index (χ1v) is 8.74. The Morgan fingerprint density at radius 1 is 1.11 bits per heavy atom. The minimum absolute atomic E-state index is 0.191. The number of hydrogen-bond acceptors (Lipinski definition) is 5. The molecule has 1 heterocycles. The summed E-state index contributed by atoms with van der Waals surface area (Å²) in [7, 11) is 1.57. The van der Waals surface area contributed by atoms with Gasteiger partial charge in [0.15, 0.2) is 17.2 Å². The van der Waals surface area contributed by atoms with Crippen LogP contribution in [0.1, 0.15) is 11.1 Å². The van der Waals surface area contributed by atoms with Crippen LogP contribution < -0.4 is 14.4 Å². The van der Waals surface area contributed by atoms with Gasteiger partial charge in [0.25, 0.3) is 5.91 Å². The van der Waals surface area contributed by atoms with E-state index in [-0.39, 0.29) is 5.91 Å². The van der Waals surface area contributed by atoms with Gasteiger partial charge in [0.2, 0.25) is 0 Å². The molecule has 1 aliphatic heterocycles. The van der Waals surface area contributed by atoms with Crippen LogP contribution in [0.3, 0.4) is 0 Å². The highest BCUT2D eigenvalue weighted by molar-refractivity contribution is 6.54. The number of rotatable bonds is 8. The molecular formula is C22H21N3O3. The third kappa shape index (κ3) is 3.86. The highest BCUT2D eigenvalue weighted by atomic mass is 16.5. The summed E-state index contributed by atoms with van der Waals surface area (Å²) in [5, 5.41) is 8.29. The van der Waals surface area contributed by atoms with Gasteiger partial charge in [-0.2, -0.15) is 5.10 Å². The minimum atomic E-state index is -0.191. The van der Waals surface area contributed by atoms with Crippen molar-refractivity contribution in [1.29, 1.82) is 0 Å². The lowest BCUT2D eigenvalue weighted by Crippen LogP contribution is -2.30. The average molecular weight is 375 g/mol. The van der Waals surface area contributed by atoms with E-state index in [1.807, 2.05) is 30.3 Å². The summed E-state index contributed by atoms with van der Waals surface area (Å²) < 4.78 is 10.9. The number of anilines is 1. The van der Waals surface area contributed by atoms with E-state index in [0.717, 1.165) is 16.8 Å². The lowest BCUT2D eigenvalue weighted by Gasteiger charge is -2.13. The lowest BCUT2D eigenvalue weighted by atomic mass is 10.1. The van der Waals surface area contributed by atoms with Crippen LogP contribution in [-0.4, -0.2) is 38.1 Å². The van der Waals surface area contributed by atoms with Gasteiger partial charge in [-0.3, -0.25) is 4.79 Å². The second kappa shape index (κ2) is 8.81. The van der Waals surface area contributed by atoms with Gasteiger partial charge >= 0.3 is 0 Å². The lowest BCUT2D eigenvalue weighted by molar-refractivity contribution is -0.112. The number of carbonyl (C=O) groups is 1. The summed E-state index contributed by atoms with van der Waals surface area (Å²) in [5.41, 5.74) is 2.66. The van der Waals surface area contributed by atoms with Crippen molar-refractivity contribution in [3.63, 3.8) is 0 Å². The molecule has 0 unspecified atom stereocenters. The molecule has 0 saturated carbocycles. The first kappa shape index (κ1) is 19.1. The summed E-state index contributed by atoms with van der Waals surface area (Å²) in [6.45, 7) is 8.15. The predicted molar refractivity (Wildman–Crippen MR) is 112 cm³/mol. The molecule has 1 aliphatic rings. The van der Waals surface area contributed by atoms with Crippen molar-refractivity contribution in [1.82, 2.24) is 0 Å². The molecule has 0 radical (unpaired) electrons. The molecule has 3 rings (SSSR count). The van der Waals surface area contributed by atoms with Crippen LogP contribution in [0.25, 0.3) is 0 Å². The largest absolute Gasteiger partial charge is 0.493 e. The summed E-state index contributed by atoms with van der Waals surface area (Å²) >= 11 is 0. The van der Waals surface area contributed by atoms with E-state index < -0.39 is 0 Å². The molecule has 2 aromatic rings. The van der Waals surface area contributed by atoms with E-state index in [4.69, 9.17) is 9.47 Å². The Bertz CT molecular complexity index is 963. The van der Waals surface area contributed by atoms with Crippen LogP contribution in [0, 0.1) is 0 Å². The maximum atomic E-state index is 12.7. The molecule has 0 N–H and O–H groups in total. The highest BCUT2D eigenvalue weighted by Gasteiger charge is 2.32. The maximum Gasteiger partial charge on any atom is 0.279 e. The Balaban J connectivity index is 1.85. The predicted octanol–water partition coefficient (Wildman–Crippen LogP) is 3.62. The van der Waals surface area contributed by atoms with E-state index in [1.165, 1.54) is 0 Å². The fourth-order valence-corrected chi connectivity index (χ4v) is 2.85. The Morgan fingerprint density at radius 2 is 1.93 bits per heavy atom. The van der Waals surface area contributed by atoms with Crippen molar-refractivity contribution < 1.29 is 14.3 Å². The van der Waals surface area contributed by atoms with Crippen molar-refractivity contribution in [2.45, 2.75) is 0 Å². The fourth-order valence-electron chi connectivity index (χ4n) is 2.85. The van der Waals surface area contributed by atoms with Gasteiger partial charge in [-0.15, -0.1) is 11.7 Å². The molecule has 28 heavy (non-hydrogen) atoms. The number of benzene rings is 2. The van der Waals surface area contributed by atoms with Crippen molar-refractivity contribution in [3.8, 4) is 11.5 Å². The zero-order valence-corrected chi connectivity index (χ0v) is 15.7. The normalized spacial score (nSPS) is 14.4.